The van der Waals surface area contributed by atoms with Crippen molar-refractivity contribution in [3.8, 4) is 5.75 Å². The number of benzene rings is 2. The summed E-state index contributed by atoms with van der Waals surface area (Å²) >= 11 is 0. The number of nitrogens with zero attached hydrogens (tertiary/aromatic N) is 4. The van der Waals surface area contributed by atoms with E-state index in [4.69, 9.17) is 19.7 Å². The van der Waals surface area contributed by atoms with E-state index < -0.39 is 7.52 Å². The second-order valence-electron chi connectivity index (χ2n) is 8.68. The van der Waals surface area contributed by atoms with Gasteiger partial charge in [-0.25, -0.2) is 24.4 Å². The van der Waals surface area contributed by atoms with Gasteiger partial charge in [-0.05, 0) is 43.7 Å². The Labute approximate surface area is 214 Å². The number of ether oxygens (including phenoxy) is 2. The van der Waals surface area contributed by atoms with Gasteiger partial charge in [0.15, 0.2) is 11.5 Å². The van der Waals surface area contributed by atoms with Gasteiger partial charge in [-0.15, -0.1) is 0 Å². The topological polar surface area (TPSA) is 126 Å². The summed E-state index contributed by atoms with van der Waals surface area (Å²) in [6.45, 7) is 4.68. The van der Waals surface area contributed by atoms with Gasteiger partial charge in [-0.3, -0.25) is 4.57 Å². The lowest BCUT2D eigenvalue weighted by molar-refractivity contribution is 0.0800. The zero-order valence-electron chi connectivity index (χ0n) is 20.7. The summed E-state index contributed by atoms with van der Waals surface area (Å²) in [7, 11) is -3.49. The maximum atomic E-state index is 13.8. The molecule has 0 aliphatic carbocycles. The van der Waals surface area contributed by atoms with Crippen molar-refractivity contribution in [1.82, 2.24) is 24.6 Å². The molecule has 2 aromatic heterocycles. The fourth-order valence-corrected chi connectivity index (χ4v) is 5.48. The first-order chi connectivity index (χ1) is 17.8. The summed E-state index contributed by atoms with van der Waals surface area (Å²) in [6, 6.07) is 14.7. The van der Waals surface area contributed by atoms with E-state index in [-0.39, 0.29) is 30.9 Å². The molecule has 0 aliphatic heterocycles. The summed E-state index contributed by atoms with van der Waals surface area (Å²) < 4.78 is 46.3. The third-order valence-electron chi connectivity index (χ3n) is 5.38. The number of imidazole rings is 1. The fraction of sp³-hybridized carbons (Fsp3) is 0.320. The van der Waals surface area contributed by atoms with E-state index in [9.17, 15) is 8.96 Å². The summed E-state index contributed by atoms with van der Waals surface area (Å²) in [5, 5.41) is 3.06. The average Bonchev–Trinajstić information content (AvgIpc) is 3.28. The molecule has 3 atom stereocenters. The van der Waals surface area contributed by atoms with E-state index in [1.807, 2.05) is 19.9 Å². The van der Waals surface area contributed by atoms with Crippen molar-refractivity contribution in [2.75, 3.05) is 18.7 Å². The van der Waals surface area contributed by atoms with Crippen LogP contribution in [0.1, 0.15) is 19.4 Å². The van der Waals surface area contributed by atoms with E-state index in [1.54, 1.807) is 47.3 Å². The average molecular weight is 529 g/mol. The van der Waals surface area contributed by atoms with Crippen LogP contribution in [-0.4, -0.2) is 44.6 Å². The normalized spacial score (nSPS) is 14.8. The molecule has 2 aromatic carbocycles. The van der Waals surface area contributed by atoms with E-state index in [1.165, 1.54) is 18.5 Å². The molecule has 3 N–H and O–H groups in total. The quantitative estimate of drug-likeness (QED) is 0.243. The monoisotopic (exact) mass is 528 g/mol. The molecule has 2 heterocycles. The maximum absolute atomic E-state index is 13.8. The van der Waals surface area contributed by atoms with E-state index in [0.717, 1.165) is 5.56 Å². The van der Waals surface area contributed by atoms with Gasteiger partial charge in [0.05, 0.1) is 32.2 Å². The molecule has 4 rings (SSSR count). The molecule has 0 aliphatic rings. The molecule has 0 saturated carbocycles. The summed E-state index contributed by atoms with van der Waals surface area (Å²) in [5.74, 6) is 0.463. The number of hydrogen-bond donors (Lipinski definition) is 2. The van der Waals surface area contributed by atoms with Crippen LogP contribution < -0.4 is 15.3 Å². The zero-order chi connectivity index (χ0) is 26.3. The van der Waals surface area contributed by atoms with Gasteiger partial charge in [0.1, 0.15) is 29.8 Å². The lowest BCUT2D eigenvalue weighted by Crippen LogP contribution is -2.32. The SMILES string of the molecule is CC(COCc1ccc(F)cc1)NP(=O)(CO[C@H](C)Cn1cnc2c(N)ncnc21)Oc1ccccc1. The Hall–Kier alpha value is -3.37. The Kier molecular flexibility index (Phi) is 8.83. The summed E-state index contributed by atoms with van der Waals surface area (Å²) in [4.78, 5) is 12.5. The van der Waals surface area contributed by atoms with Gasteiger partial charge in [0, 0.05) is 6.04 Å². The minimum Gasteiger partial charge on any atom is -0.431 e. The smallest absolute Gasteiger partial charge is 0.342 e. The molecule has 4 aromatic rings. The van der Waals surface area contributed by atoms with Crippen LogP contribution in [0.3, 0.4) is 0 Å². The van der Waals surface area contributed by atoms with Gasteiger partial charge in [0.2, 0.25) is 0 Å². The molecule has 10 nitrogen and oxygen atoms in total. The van der Waals surface area contributed by atoms with Crippen LogP contribution in [0.5, 0.6) is 5.75 Å². The Morgan fingerprint density at radius 2 is 1.84 bits per heavy atom. The van der Waals surface area contributed by atoms with Crippen LogP contribution in [0, 0.1) is 5.82 Å². The van der Waals surface area contributed by atoms with Crippen molar-refractivity contribution >= 4 is 24.5 Å². The van der Waals surface area contributed by atoms with Crippen molar-refractivity contribution in [2.45, 2.75) is 39.1 Å². The molecular weight excluding hydrogens is 498 g/mol. The minimum absolute atomic E-state index is 0.172. The number of rotatable bonds is 13. The molecule has 0 saturated heterocycles. The third kappa shape index (κ3) is 7.56. The van der Waals surface area contributed by atoms with Crippen LogP contribution in [0.2, 0.25) is 0 Å². The number of anilines is 1. The molecule has 2 unspecified atom stereocenters. The highest BCUT2D eigenvalue weighted by atomic mass is 31.2. The van der Waals surface area contributed by atoms with E-state index in [2.05, 4.69) is 20.0 Å². The lowest BCUT2D eigenvalue weighted by atomic mass is 10.2. The Morgan fingerprint density at radius 3 is 2.59 bits per heavy atom. The van der Waals surface area contributed by atoms with Crippen LogP contribution in [0.4, 0.5) is 10.2 Å². The number of nitrogen functional groups attached to an aromatic ring is 1. The molecule has 0 fully saturated rings. The fourth-order valence-electron chi connectivity index (χ4n) is 3.64. The van der Waals surface area contributed by atoms with Crippen LogP contribution >= 0.6 is 7.52 Å². The first-order valence-corrected chi connectivity index (χ1v) is 13.6. The van der Waals surface area contributed by atoms with Crippen LogP contribution in [0.25, 0.3) is 11.2 Å². The number of hydrogen-bond acceptors (Lipinski definition) is 8. The number of nitrogens with two attached hydrogens (primary N) is 1. The number of halogens is 1. The number of nitrogens with one attached hydrogen (secondary N) is 1. The molecule has 0 bridgehead atoms. The standard InChI is InChI=1S/C25H30FN6O4P/c1-18(13-34-14-20-8-10-21(26)11-9-20)31-37(33,36-22-6-4-3-5-7-22)17-35-19(2)12-32-16-30-23-24(27)28-15-29-25(23)32/h3-11,15-16,18-19H,12-14,17H2,1-2H3,(H,31,33)(H2,27,28,29)/t18?,19-,37?/m1/s1. The molecular formula is C25H30FN6O4P. The highest BCUT2D eigenvalue weighted by Crippen LogP contribution is 2.44. The second-order valence-corrected chi connectivity index (χ2v) is 10.7. The second kappa shape index (κ2) is 12.2. The third-order valence-corrected chi connectivity index (χ3v) is 7.20. The van der Waals surface area contributed by atoms with E-state index in [0.29, 0.717) is 35.9 Å². The van der Waals surface area contributed by atoms with Gasteiger partial charge in [0.25, 0.3) is 0 Å². The van der Waals surface area contributed by atoms with Gasteiger partial charge in [-0.1, -0.05) is 30.3 Å². The van der Waals surface area contributed by atoms with Gasteiger partial charge in [-0.2, -0.15) is 0 Å². The predicted octanol–water partition coefficient (Wildman–Crippen LogP) is 4.38. The molecule has 12 heteroatoms. The largest absolute Gasteiger partial charge is 0.431 e. The van der Waals surface area contributed by atoms with Crippen molar-refractivity contribution in [1.29, 1.82) is 0 Å². The Bertz CT molecular complexity index is 1340. The molecule has 37 heavy (non-hydrogen) atoms. The van der Waals surface area contributed by atoms with Crippen molar-refractivity contribution < 1.29 is 23.0 Å². The molecule has 196 valence electrons. The highest BCUT2D eigenvalue weighted by molar-refractivity contribution is 7.57. The first kappa shape index (κ1) is 26.7. The summed E-state index contributed by atoms with van der Waals surface area (Å²) in [5.41, 5.74) is 7.82. The van der Waals surface area contributed by atoms with Crippen molar-refractivity contribution in [3.63, 3.8) is 0 Å². The van der Waals surface area contributed by atoms with Crippen LogP contribution in [-0.2, 0) is 27.2 Å². The van der Waals surface area contributed by atoms with Crippen molar-refractivity contribution in [2.24, 2.45) is 0 Å². The number of aromatic nitrogens is 4. The Morgan fingerprint density at radius 1 is 1.08 bits per heavy atom. The van der Waals surface area contributed by atoms with Gasteiger partial charge < -0.3 is 24.3 Å². The molecule has 0 radical (unpaired) electrons. The van der Waals surface area contributed by atoms with Crippen LogP contribution in [0.15, 0.2) is 67.3 Å². The molecule has 0 spiro atoms. The van der Waals surface area contributed by atoms with Crippen molar-refractivity contribution in [3.05, 3.63) is 78.6 Å². The minimum atomic E-state index is -3.49. The molecule has 0 amide bonds. The lowest BCUT2D eigenvalue weighted by Gasteiger charge is -2.25. The zero-order valence-corrected chi connectivity index (χ0v) is 21.6. The highest BCUT2D eigenvalue weighted by Gasteiger charge is 2.29. The number of para-hydroxylation sites is 1. The Balaban J connectivity index is 1.36. The summed E-state index contributed by atoms with van der Waals surface area (Å²) in [6.07, 6.45) is 2.49. The predicted molar refractivity (Wildman–Crippen MR) is 138 cm³/mol. The maximum Gasteiger partial charge on any atom is 0.342 e. The van der Waals surface area contributed by atoms with E-state index >= 15 is 0 Å². The van der Waals surface area contributed by atoms with Gasteiger partial charge >= 0.3 is 7.52 Å². The number of fused-ring (bicyclic) bond motifs is 1. The first-order valence-electron chi connectivity index (χ1n) is 11.8.